The van der Waals surface area contributed by atoms with Gasteiger partial charge < -0.3 is 5.32 Å². The predicted octanol–water partition coefficient (Wildman–Crippen LogP) is 2.13. The lowest BCUT2D eigenvalue weighted by Crippen LogP contribution is -2.30. The first-order valence-electron chi connectivity index (χ1n) is 8.11. The van der Waals surface area contributed by atoms with Crippen molar-refractivity contribution in [1.82, 2.24) is 15.3 Å². The zero-order valence-electron chi connectivity index (χ0n) is 14.5. The number of hydrogen-bond acceptors (Lipinski definition) is 6. The molecule has 1 N–H and O–H groups in total. The summed E-state index contributed by atoms with van der Waals surface area (Å²) in [6.07, 6.45) is 0.997. The van der Waals surface area contributed by atoms with E-state index in [0.29, 0.717) is 16.6 Å². The van der Waals surface area contributed by atoms with Crippen molar-refractivity contribution in [3.63, 3.8) is 0 Å². The van der Waals surface area contributed by atoms with Gasteiger partial charge in [-0.2, -0.15) is 8.42 Å². The van der Waals surface area contributed by atoms with Gasteiger partial charge in [0.1, 0.15) is 5.52 Å². The van der Waals surface area contributed by atoms with Crippen LogP contribution in [0, 0.1) is 5.92 Å². The van der Waals surface area contributed by atoms with E-state index in [2.05, 4.69) is 15.3 Å². The second-order valence-electron chi connectivity index (χ2n) is 6.19. The van der Waals surface area contributed by atoms with E-state index in [1.165, 1.54) is 0 Å². The highest BCUT2D eigenvalue weighted by atomic mass is 32.2. The highest BCUT2D eigenvalue weighted by molar-refractivity contribution is 7.85. The molecule has 0 aliphatic heterocycles. The number of hydrogen-bond donors (Lipinski definition) is 1. The second kappa shape index (κ2) is 7.35. The van der Waals surface area contributed by atoms with Gasteiger partial charge in [-0.05, 0) is 30.2 Å². The normalized spacial score (nSPS) is 13.0. The largest absolute Gasteiger partial charge is 0.352 e. The van der Waals surface area contributed by atoms with Gasteiger partial charge in [0.2, 0.25) is 0 Å². The van der Waals surface area contributed by atoms with E-state index in [9.17, 15) is 13.2 Å². The van der Waals surface area contributed by atoms with E-state index in [4.69, 9.17) is 4.18 Å². The van der Waals surface area contributed by atoms with Crippen LogP contribution in [0.25, 0.3) is 22.1 Å². The molecule has 26 heavy (non-hydrogen) atoms. The Bertz CT molecular complexity index is 1070. The van der Waals surface area contributed by atoms with Gasteiger partial charge in [0.25, 0.3) is 16.0 Å². The number of nitrogens with zero attached hydrogens (tertiary/aromatic N) is 2. The number of nitrogens with one attached hydrogen (secondary N) is 1. The van der Waals surface area contributed by atoms with Crippen LogP contribution in [0.4, 0.5) is 0 Å². The first-order chi connectivity index (χ1) is 12.3. The van der Waals surface area contributed by atoms with Crippen molar-refractivity contribution in [3.05, 3.63) is 48.0 Å². The van der Waals surface area contributed by atoms with Crippen LogP contribution in [-0.4, -0.2) is 43.7 Å². The Morgan fingerprint density at radius 3 is 2.42 bits per heavy atom. The number of carbonyl (C=O) groups is 1. The van der Waals surface area contributed by atoms with E-state index >= 15 is 0 Å². The summed E-state index contributed by atoms with van der Waals surface area (Å²) in [5.41, 5.74) is 3.09. The second-order valence-corrected chi connectivity index (χ2v) is 7.83. The first-order valence-corrected chi connectivity index (χ1v) is 9.93. The van der Waals surface area contributed by atoms with Gasteiger partial charge >= 0.3 is 0 Å². The number of para-hydroxylation sites is 3. The number of aromatic nitrogens is 2. The van der Waals surface area contributed by atoms with Gasteiger partial charge in [-0.3, -0.25) is 8.98 Å². The number of amides is 1. The molecule has 0 aliphatic rings. The molecule has 1 aromatic heterocycles. The first kappa shape index (κ1) is 18.2. The summed E-state index contributed by atoms with van der Waals surface area (Å²) in [5.74, 6) is -0.443. The van der Waals surface area contributed by atoms with Crippen LogP contribution < -0.4 is 5.32 Å². The summed E-state index contributed by atoms with van der Waals surface area (Å²) in [7, 11) is -3.49. The summed E-state index contributed by atoms with van der Waals surface area (Å²) < 4.78 is 26.8. The monoisotopic (exact) mass is 373 g/mol. The molecule has 0 radical (unpaired) electrons. The van der Waals surface area contributed by atoms with Crippen molar-refractivity contribution >= 4 is 38.1 Å². The summed E-state index contributed by atoms with van der Waals surface area (Å²) >= 11 is 0. The van der Waals surface area contributed by atoms with Crippen molar-refractivity contribution in [1.29, 1.82) is 0 Å². The van der Waals surface area contributed by atoms with Crippen LogP contribution in [0.5, 0.6) is 0 Å². The number of rotatable bonds is 6. The van der Waals surface area contributed by atoms with Crippen LogP contribution >= 0.6 is 0 Å². The molecule has 0 saturated heterocycles. The van der Waals surface area contributed by atoms with Crippen molar-refractivity contribution < 1.29 is 17.4 Å². The maximum absolute atomic E-state index is 12.6. The van der Waals surface area contributed by atoms with E-state index in [1.54, 1.807) is 19.1 Å². The van der Waals surface area contributed by atoms with E-state index in [0.717, 1.165) is 17.3 Å². The number of carbonyl (C=O) groups excluding carboxylic acids is 1. The molecule has 7 nitrogen and oxygen atoms in total. The zero-order chi connectivity index (χ0) is 18.7. The lowest BCUT2D eigenvalue weighted by atomic mass is 10.1. The van der Waals surface area contributed by atoms with E-state index in [-0.39, 0.29) is 25.0 Å². The molecule has 0 bridgehead atoms. The molecule has 0 aliphatic carbocycles. The van der Waals surface area contributed by atoms with Crippen LogP contribution in [0.15, 0.2) is 42.5 Å². The van der Waals surface area contributed by atoms with Gasteiger partial charge in [-0.25, -0.2) is 9.97 Å². The molecule has 136 valence electrons. The van der Waals surface area contributed by atoms with Crippen molar-refractivity contribution in [2.24, 2.45) is 5.92 Å². The van der Waals surface area contributed by atoms with Crippen LogP contribution in [0.3, 0.4) is 0 Å². The third-order valence-electron chi connectivity index (χ3n) is 3.79. The fraction of sp³-hybridized carbons (Fsp3) is 0.278. The lowest BCUT2D eigenvalue weighted by molar-refractivity contribution is 0.0946. The van der Waals surface area contributed by atoms with Gasteiger partial charge in [0.05, 0.1) is 35.0 Å². The molecule has 1 unspecified atom stereocenters. The number of benzene rings is 2. The van der Waals surface area contributed by atoms with E-state index in [1.807, 2.05) is 30.3 Å². The molecular weight excluding hydrogens is 354 g/mol. The summed E-state index contributed by atoms with van der Waals surface area (Å²) in [6.45, 7) is 2.09. The Morgan fingerprint density at radius 1 is 1.08 bits per heavy atom. The predicted molar refractivity (Wildman–Crippen MR) is 99.3 cm³/mol. The Morgan fingerprint density at radius 2 is 1.73 bits per heavy atom. The standard InChI is InChI=1S/C18H19N3O4S/c1-12(11-25-26(2,23)24)10-19-18(22)13-6-5-9-16-17(13)21-15-8-4-3-7-14(15)20-16/h3-9,12H,10-11H2,1-2H3,(H,19,22). The highest BCUT2D eigenvalue weighted by Crippen LogP contribution is 2.19. The Balaban J connectivity index is 1.79. The maximum atomic E-state index is 12.6. The van der Waals surface area contributed by atoms with E-state index < -0.39 is 10.1 Å². The molecule has 1 atom stereocenters. The van der Waals surface area contributed by atoms with Gasteiger partial charge in [0.15, 0.2) is 0 Å². The summed E-state index contributed by atoms with van der Waals surface area (Å²) in [4.78, 5) is 21.7. The summed E-state index contributed by atoms with van der Waals surface area (Å²) in [5, 5.41) is 2.79. The van der Waals surface area contributed by atoms with Crippen LogP contribution in [-0.2, 0) is 14.3 Å². The minimum atomic E-state index is -3.49. The molecule has 2 aromatic carbocycles. The Kier molecular flexibility index (Phi) is 5.15. The van der Waals surface area contributed by atoms with Crippen LogP contribution in [0.1, 0.15) is 17.3 Å². The Hall–Kier alpha value is -2.58. The number of fused-ring (bicyclic) bond motifs is 2. The minimum absolute atomic E-state index is 0.0130. The Labute approximate surface area is 151 Å². The van der Waals surface area contributed by atoms with Gasteiger partial charge in [0, 0.05) is 6.54 Å². The molecule has 1 heterocycles. The highest BCUT2D eigenvalue weighted by Gasteiger charge is 2.14. The molecular formula is C18H19N3O4S. The molecule has 0 fully saturated rings. The molecule has 8 heteroatoms. The molecule has 3 rings (SSSR count). The molecule has 0 spiro atoms. The van der Waals surface area contributed by atoms with Gasteiger partial charge in [-0.15, -0.1) is 0 Å². The van der Waals surface area contributed by atoms with Crippen molar-refractivity contribution in [2.45, 2.75) is 6.92 Å². The topological polar surface area (TPSA) is 98.2 Å². The third kappa shape index (κ3) is 4.33. The minimum Gasteiger partial charge on any atom is -0.352 e. The van der Waals surface area contributed by atoms with Crippen molar-refractivity contribution in [3.8, 4) is 0 Å². The zero-order valence-corrected chi connectivity index (χ0v) is 15.3. The molecule has 0 saturated carbocycles. The summed E-state index contributed by atoms with van der Waals surface area (Å²) in [6, 6.07) is 12.7. The smallest absolute Gasteiger partial charge is 0.264 e. The fourth-order valence-corrected chi connectivity index (χ4v) is 2.97. The molecule has 1 amide bonds. The van der Waals surface area contributed by atoms with Gasteiger partial charge in [-0.1, -0.05) is 25.1 Å². The SMILES string of the molecule is CC(CNC(=O)c1cccc2nc3ccccc3nc12)COS(C)(=O)=O. The molecule has 3 aromatic rings. The average molecular weight is 373 g/mol. The fourth-order valence-electron chi connectivity index (χ4n) is 2.49. The quantitative estimate of drug-likeness (QED) is 0.525. The average Bonchev–Trinajstić information content (AvgIpc) is 2.61. The van der Waals surface area contributed by atoms with Crippen LogP contribution in [0.2, 0.25) is 0 Å². The lowest BCUT2D eigenvalue weighted by Gasteiger charge is -2.13. The third-order valence-corrected chi connectivity index (χ3v) is 4.36. The maximum Gasteiger partial charge on any atom is 0.264 e. The van der Waals surface area contributed by atoms with Crippen molar-refractivity contribution in [2.75, 3.05) is 19.4 Å².